The number of carbonyl (C=O) groups excluding carboxylic acids is 1. The van der Waals surface area contributed by atoms with Crippen molar-refractivity contribution in [2.24, 2.45) is 0 Å². The highest BCUT2D eigenvalue weighted by Gasteiger charge is 2.17. The zero-order valence-electron chi connectivity index (χ0n) is 16.9. The highest BCUT2D eigenvalue weighted by atomic mass is 19.1. The van der Waals surface area contributed by atoms with Gasteiger partial charge in [-0.15, -0.1) is 0 Å². The molecule has 0 fully saturated rings. The molecular weight excluding hydrogens is 383 g/mol. The Labute approximate surface area is 172 Å². The summed E-state index contributed by atoms with van der Waals surface area (Å²) in [5.74, 6) is -0.556. The quantitative estimate of drug-likeness (QED) is 0.533. The lowest BCUT2D eigenvalue weighted by Crippen LogP contribution is -2.38. The second-order valence-electron chi connectivity index (χ2n) is 7.48. The van der Waals surface area contributed by atoms with Crippen molar-refractivity contribution < 1.29 is 9.18 Å². The van der Waals surface area contributed by atoms with E-state index in [1.807, 2.05) is 42.7 Å². The van der Waals surface area contributed by atoms with Gasteiger partial charge in [0.2, 0.25) is 5.91 Å². The molecule has 6 nitrogen and oxygen atoms in total. The van der Waals surface area contributed by atoms with Crippen LogP contribution in [0.2, 0.25) is 0 Å². The van der Waals surface area contributed by atoms with Gasteiger partial charge in [-0.1, -0.05) is 37.3 Å². The standard InChI is InChI=1S/C23H23FN4O2/c1-3-15(2)26-21(29)14-28-23(30)22-19(12-25-28)18-6-4-5-7-20(18)27(22)13-16-8-10-17(24)11-9-16/h4-12,15H,3,13-14H2,1-2H3,(H,26,29)/t15-/m0/s1. The van der Waals surface area contributed by atoms with Crippen molar-refractivity contribution in [2.75, 3.05) is 0 Å². The van der Waals surface area contributed by atoms with Crippen LogP contribution in [0.4, 0.5) is 4.39 Å². The van der Waals surface area contributed by atoms with Crippen molar-refractivity contribution >= 4 is 27.7 Å². The van der Waals surface area contributed by atoms with Gasteiger partial charge >= 0.3 is 0 Å². The SMILES string of the molecule is CC[C@H](C)NC(=O)Cn1ncc2c3ccccc3n(Cc3ccc(F)cc3)c2c1=O. The number of rotatable bonds is 6. The molecule has 1 atom stereocenters. The summed E-state index contributed by atoms with van der Waals surface area (Å²) in [6.07, 6.45) is 2.44. The third kappa shape index (κ3) is 3.70. The zero-order valence-corrected chi connectivity index (χ0v) is 16.9. The molecule has 7 heteroatoms. The van der Waals surface area contributed by atoms with Crippen LogP contribution in [0.25, 0.3) is 21.8 Å². The van der Waals surface area contributed by atoms with Crippen LogP contribution in [-0.4, -0.2) is 26.3 Å². The Balaban J connectivity index is 1.82. The molecule has 1 N–H and O–H groups in total. The molecule has 0 aliphatic carbocycles. The molecule has 0 radical (unpaired) electrons. The van der Waals surface area contributed by atoms with Gasteiger partial charge in [-0.2, -0.15) is 5.10 Å². The molecule has 0 aliphatic rings. The number of hydrogen-bond acceptors (Lipinski definition) is 3. The van der Waals surface area contributed by atoms with E-state index in [1.54, 1.807) is 18.3 Å². The highest BCUT2D eigenvalue weighted by molar-refractivity contribution is 6.07. The molecule has 0 spiro atoms. The molecule has 2 aromatic carbocycles. The van der Waals surface area contributed by atoms with Crippen LogP contribution in [0.15, 0.2) is 59.5 Å². The Bertz CT molecular complexity index is 1270. The monoisotopic (exact) mass is 406 g/mol. The van der Waals surface area contributed by atoms with E-state index in [2.05, 4.69) is 10.4 Å². The van der Waals surface area contributed by atoms with E-state index in [0.29, 0.717) is 12.1 Å². The predicted molar refractivity (Wildman–Crippen MR) is 115 cm³/mol. The van der Waals surface area contributed by atoms with E-state index >= 15 is 0 Å². The normalized spacial score (nSPS) is 12.4. The van der Waals surface area contributed by atoms with Gasteiger partial charge in [0.25, 0.3) is 5.56 Å². The van der Waals surface area contributed by atoms with Crippen LogP contribution in [0.1, 0.15) is 25.8 Å². The number of nitrogens with zero attached hydrogens (tertiary/aromatic N) is 3. The number of carbonyl (C=O) groups is 1. The number of halogens is 1. The van der Waals surface area contributed by atoms with Crippen molar-refractivity contribution in [3.63, 3.8) is 0 Å². The lowest BCUT2D eigenvalue weighted by molar-refractivity contribution is -0.122. The van der Waals surface area contributed by atoms with Crippen LogP contribution in [0, 0.1) is 5.82 Å². The van der Waals surface area contributed by atoms with Gasteiger partial charge in [0.15, 0.2) is 0 Å². The molecule has 0 saturated heterocycles. The average molecular weight is 406 g/mol. The lowest BCUT2D eigenvalue weighted by atomic mass is 10.2. The van der Waals surface area contributed by atoms with E-state index in [-0.39, 0.29) is 29.9 Å². The fourth-order valence-electron chi connectivity index (χ4n) is 3.60. The molecule has 4 aromatic rings. The molecule has 2 aromatic heterocycles. The molecule has 0 bridgehead atoms. The maximum Gasteiger partial charge on any atom is 0.291 e. The van der Waals surface area contributed by atoms with Crippen LogP contribution >= 0.6 is 0 Å². The molecule has 2 heterocycles. The van der Waals surface area contributed by atoms with E-state index in [1.165, 1.54) is 16.8 Å². The Morgan fingerprint density at radius 3 is 2.60 bits per heavy atom. The minimum atomic E-state index is -0.329. The Kier molecular flexibility index (Phi) is 5.35. The smallest absolute Gasteiger partial charge is 0.291 e. The summed E-state index contributed by atoms with van der Waals surface area (Å²) in [6.45, 7) is 4.16. The van der Waals surface area contributed by atoms with E-state index in [0.717, 1.165) is 28.3 Å². The van der Waals surface area contributed by atoms with Crippen molar-refractivity contribution in [1.29, 1.82) is 0 Å². The van der Waals surface area contributed by atoms with Crippen LogP contribution in [-0.2, 0) is 17.9 Å². The fraction of sp³-hybridized carbons (Fsp3) is 0.261. The van der Waals surface area contributed by atoms with Gasteiger partial charge in [0.05, 0.1) is 6.20 Å². The summed E-state index contributed by atoms with van der Waals surface area (Å²) in [5, 5.41) is 8.75. The van der Waals surface area contributed by atoms with Gasteiger partial charge in [-0.3, -0.25) is 9.59 Å². The van der Waals surface area contributed by atoms with E-state index < -0.39 is 0 Å². The Morgan fingerprint density at radius 2 is 1.87 bits per heavy atom. The molecule has 0 unspecified atom stereocenters. The largest absolute Gasteiger partial charge is 0.352 e. The van der Waals surface area contributed by atoms with Crippen molar-refractivity contribution in [1.82, 2.24) is 19.7 Å². The summed E-state index contributed by atoms with van der Waals surface area (Å²) in [7, 11) is 0. The first-order valence-electron chi connectivity index (χ1n) is 9.98. The average Bonchev–Trinajstić information content (AvgIpc) is 3.06. The van der Waals surface area contributed by atoms with Gasteiger partial charge in [-0.05, 0) is 37.1 Å². The fourth-order valence-corrected chi connectivity index (χ4v) is 3.60. The van der Waals surface area contributed by atoms with Gasteiger partial charge in [0, 0.05) is 28.9 Å². The molecule has 154 valence electrons. The van der Waals surface area contributed by atoms with Crippen LogP contribution in [0.3, 0.4) is 0 Å². The molecule has 0 aliphatic heterocycles. The predicted octanol–water partition coefficient (Wildman–Crippen LogP) is 3.45. The van der Waals surface area contributed by atoms with Crippen LogP contribution < -0.4 is 10.9 Å². The Hall–Kier alpha value is -3.48. The van der Waals surface area contributed by atoms with Gasteiger partial charge in [0.1, 0.15) is 17.9 Å². The zero-order chi connectivity index (χ0) is 21.3. The van der Waals surface area contributed by atoms with E-state index in [4.69, 9.17) is 0 Å². The lowest BCUT2D eigenvalue weighted by Gasteiger charge is -2.12. The topological polar surface area (TPSA) is 68.9 Å². The molecule has 4 rings (SSSR count). The van der Waals surface area contributed by atoms with Gasteiger partial charge in [-0.25, -0.2) is 9.07 Å². The summed E-state index contributed by atoms with van der Waals surface area (Å²) in [4.78, 5) is 25.6. The third-order valence-corrected chi connectivity index (χ3v) is 5.34. The van der Waals surface area contributed by atoms with E-state index in [9.17, 15) is 14.0 Å². The number of nitrogens with one attached hydrogen (secondary N) is 1. The van der Waals surface area contributed by atoms with Crippen molar-refractivity contribution in [3.05, 3.63) is 76.5 Å². The molecule has 30 heavy (non-hydrogen) atoms. The maximum atomic E-state index is 13.3. The number of hydrogen-bond donors (Lipinski definition) is 1. The number of fused-ring (bicyclic) bond motifs is 3. The highest BCUT2D eigenvalue weighted by Crippen LogP contribution is 2.27. The second-order valence-corrected chi connectivity index (χ2v) is 7.48. The first kappa shape index (κ1) is 19.8. The number of benzene rings is 2. The molecular formula is C23H23FN4O2. The number of para-hydroxylation sites is 1. The van der Waals surface area contributed by atoms with Crippen LogP contribution in [0.5, 0.6) is 0 Å². The third-order valence-electron chi connectivity index (χ3n) is 5.34. The molecule has 0 saturated carbocycles. The first-order valence-corrected chi connectivity index (χ1v) is 9.98. The minimum Gasteiger partial charge on any atom is -0.352 e. The van der Waals surface area contributed by atoms with Crippen molar-refractivity contribution in [3.8, 4) is 0 Å². The second kappa shape index (κ2) is 8.10. The number of aromatic nitrogens is 3. The Morgan fingerprint density at radius 1 is 1.13 bits per heavy atom. The molecule has 1 amide bonds. The maximum absolute atomic E-state index is 13.3. The number of amides is 1. The summed E-state index contributed by atoms with van der Waals surface area (Å²) < 4.78 is 16.4. The summed E-state index contributed by atoms with van der Waals surface area (Å²) >= 11 is 0. The summed E-state index contributed by atoms with van der Waals surface area (Å²) in [6, 6.07) is 14.0. The summed E-state index contributed by atoms with van der Waals surface area (Å²) in [5.41, 5.74) is 1.91. The van der Waals surface area contributed by atoms with Crippen molar-refractivity contribution in [2.45, 2.75) is 39.4 Å². The van der Waals surface area contributed by atoms with Gasteiger partial charge < -0.3 is 9.88 Å². The first-order chi connectivity index (χ1) is 14.5. The minimum absolute atomic E-state index is 0.0295.